The maximum absolute atomic E-state index is 12.6. The monoisotopic (exact) mass is 538 g/mol. The van der Waals surface area contributed by atoms with E-state index in [0.717, 1.165) is 11.3 Å². The van der Waals surface area contributed by atoms with Gasteiger partial charge in [0.25, 0.3) is 5.91 Å². The van der Waals surface area contributed by atoms with E-state index in [4.69, 9.17) is 16.3 Å². The number of aromatic nitrogens is 6. The zero-order chi connectivity index (χ0) is 27.0. The highest BCUT2D eigenvalue weighted by molar-refractivity contribution is 6.30. The Morgan fingerprint density at radius 1 is 1.18 bits per heavy atom. The minimum Gasteiger partial charge on any atom is -0.387 e. The van der Waals surface area contributed by atoms with E-state index in [9.17, 15) is 15.0 Å². The second-order valence-corrected chi connectivity index (χ2v) is 9.82. The van der Waals surface area contributed by atoms with Crippen molar-refractivity contribution in [2.24, 2.45) is 0 Å². The molecule has 0 unspecified atom stereocenters. The van der Waals surface area contributed by atoms with Crippen LogP contribution < -0.4 is 10.6 Å². The quantitative estimate of drug-likeness (QED) is 0.274. The van der Waals surface area contributed by atoms with Crippen LogP contribution in [0.4, 0.5) is 5.82 Å². The molecule has 1 fully saturated rings. The zero-order valence-corrected chi connectivity index (χ0v) is 21.7. The van der Waals surface area contributed by atoms with Gasteiger partial charge in [0.1, 0.15) is 12.2 Å². The third-order valence-electron chi connectivity index (χ3n) is 6.00. The number of nitrogens with zero attached hydrogens (tertiary/aromatic N) is 6. The number of ether oxygens (including phenoxy) is 1. The Balaban J connectivity index is 1.55. The molecule has 13 heteroatoms. The number of halogens is 1. The topological polar surface area (TPSA) is 160 Å². The van der Waals surface area contributed by atoms with Crippen LogP contribution in [0.15, 0.2) is 43.1 Å². The second kappa shape index (κ2) is 10.6. The molecule has 4 aromatic heterocycles. The summed E-state index contributed by atoms with van der Waals surface area (Å²) in [4.78, 5) is 34.9. The number of amides is 1. The van der Waals surface area contributed by atoms with Crippen molar-refractivity contribution in [3.05, 3.63) is 59.4 Å². The molecule has 4 atom stereocenters. The van der Waals surface area contributed by atoms with Gasteiger partial charge in [-0.25, -0.2) is 15.0 Å². The van der Waals surface area contributed by atoms with Gasteiger partial charge in [0.05, 0.1) is 23.6 Å². The van der Waals surface area contributed by atoms with Crippen LogP contribution in [0.25, 0.3) is 22.6 Å². The van der Waals surface area contributed by atoms with Gasteiger partial charge in [-0.3, -0.25) is 19.3 Å². The fourth-order valence-electron chi connectivity index (χ4n) is 4.23. The summed E-state index contributed by atoms with van der Waals surface area (Å²) < 4.78 is 7.31. The third kappa shape index (κ3) is 5.16. The van der Waals surface area contributed by atoms with Gasteiger partial charge in [0.2, 0.25) is 0 Å². The second-order valence-electron chi connectivity index (χ2n) is 9.38. The van der Waals surface area contributed by atoms with Gasteiger partial charge < -0.3 is 25.6 Å². The molecular weight excluding hydrogens is 512 g/mol. The molecule has 1 aliphatic rings. The summed E-state index contributed by atoms with van der Waals surface area (Å²) in [5.41, 5.74) is 3.15. The minimum atomic E-state index is -1.44. The summed E-state index contributed by atoms with van der Waals surface area (Å²) in [6, 6.07) is 5.38. The summed E-state index contributed by atoms with van der Waals surface area (Å²) >= 11 is 6.16. The van der Waals surface area contributed by atoms with Gasteiger partial charge in [0.15, 0.2) is 35.1 Å². The molecule has 0 aliphatic carbocycles. The number of hydrogen-bond donors (Lipinski definition) is 4. The van der Waals surface area contributed by atoms with Crippen LogP contribution in [0.2, 0.25) is 5.02 Å². The molecule has 1 amide bonds. The zero-order valence-electron chi connectivity index (χ0n) is 20.9. The largest absolute Gasteiger partial charge is 0.387 e. The molecule has 0 spiro atoms. The first-order chi connectivity index (χ1) is 18.2. The molecule has 1 saturated heterocycles. The van der Waals surface area contributed by atoms with E-state index in [2.05, 4.69) is 35.6 Å². The average Bonchev–Trinajstić information content (AvgIpc) is 3.43. The maximum atomic E-state index is 12.6. The van der Waals surface area contributed by atoms with E-state index in [0.29, 0.717) is 39.9 Å². The number of anilines is 1. The molecule has 0 saturated carbocycles. The Kier molecular flexibility index (Phi) is 7.21. The molecule has 12 nitrogen and oxygen atoms in total. The Morgan fingerprint density at radius 3 is 2.74 bits per heavy atom. The van der Waals surface area contributed by atoms with Gasteiger partial charge in [-0.2, -0.15) is 0 Å². The number of aliphatic hydroxyl groups excluding tert-OH is 2. The number of aryl methyl sites for hydroxylation is 1. The van der Waals surface area contributed by atoms with Crippen LogP contribution >= 0.6 is 11.6 Å². The van der Waals surface area contributed by atoms with Gasteiger partial charge in [-0.1, -0.05) is 11.6 Å². The summed E-state index contributed by atoms with van der Waals surface area (Å²) in [7, 11) is 0. The highest BCUT2D eigenvalue weighted by Gasteiger charge is 2.48. The van der Waals surface area contributed by atoms with Crippen LogP contribution in [0.1, 0.15) is 31.3 Å². The summed E-state index contributed by atoms with van der Waals surface area (Å²) in [5, 5.41) is 27.8. The fourth-order valence-corrected chi connectivity index (χ4v) is 4.41. The third-order valence-corrected chi connectivity index (χ3v) is 6.20. The number of imidazole rings is 1. The Bertz CT molecular complexity index is 1480. The number of rotatable bonds is 7. The highest BCUT2D eigenvalue weighted by Crippen LogP contribution is 2.34. The van der Waals surface area contributed by atoms with Crippen LogP contribution in [0.3, 0.4) is 0 Å². The lowest BCUT2D eigenvalue weighted by Gasteiger charge is -2.17. The Hall–Kier alpha value is -3.71. The number of aliphatic hydroxyl groups is 2. The predicted molar refractivity (Wildman–Crippen MR) is 139 cm³/mol. The smallest absolute Gasteiger partial charge is 0.252 e. The lowest BCUT2D eigenvalue weighted by molar-refractivity contribution is -0.138. The van der Waals surface area contributed by atoms with Crippen LogP contribution in [0.5, 0.6) is 0 Å². The van der Waals surface area contributed by atoms with Crippen molar-refractivity contribution >= 4 is 34.5 Å². The van der Waals surface area contributed by atoms with E-state index < -0.39 is 30.4 Å². The van der Waals surface area contributed by atoms with Crippen molar-refractivity contribution in [2.45, 2.75) is 57.9 Å². The van der Waals surface area contributed by atoms with Crippen LogP contribution in [-0.4, -0.2) is 70.0 Å². The summed E-state index contributed by atoms with van der Waals surface area (Å²) in [6.45, 7) is 5.93. The highest BCUT2D eigenvalue weighted by atomic mass is 35.5. The minimum absolute atomic E-state index is 0.165. The average molecular weight is 539 g/mol. The number of carbonyl (C=O) groups excluding carboxylic acids is 1. The van der Waals surface area contributed by atoms with E-state index >= 15 is 0 Å². The number of hydrogen-bond acceptors (Lipinski definition) is 10. The van der Waals surface area contributed by atoms with Gasteiger partial charge >= 0.3 is 0 Å². The molecule has 4 N–H and O–H groups in total. The molecule has 0 bridgehead atoms. The number of carbonyl (C=O) groups is 1. The van der Waals surface area contributed by atoms with E-state index in [1.807, 2.05) is 19.1 Å². The van der Waals surface area contributed by atoms with Crippen molar-refractivity contribution in [2.75, 3.05) is 5.32 Å². The van der Waals surface area contributed by atoms with Crippen LogP contribution in [-0.2, 0) is 16.1 Å². The normalized spacial score (nSPS) is 21.2. The molecule has 1 aliphatic heterocycles. The van der Waals surface area contributed by atoms with Crippen molar-refractivity contribution in [1.29, 1.82) is 0 Å². The Morgan fingerprint density at radius 2 is 2.00 bits per heavy atom. The molecule has 0 radical (unpaired) electrons. The van der Waals surface area contributed by atoms with Gasteiger partial charge in [0, 0.05) is 30.2 Å². The number of nitrogens with one attached hydrogen (secondary N) is 2. The van der Waals surface area contributed by atoms with E-state index in [-0.39, 0.29) is 6.04 Å². The van der Waals surface area contributed by atoms with Crippen molar-refractivity contribution < 1.29 is 19.7 Å². The van der Waals surface area contributed by atoms with E-state index in [1.54, 1.807) is 32.3 Å². The maximum Gasteiger partial charge on any atom is 0.252 e. The van der Waals surface area contributed by atoms with Crippen LogP contribution in [0, 0.1) is 6.92 Å². The van der Waals surface area contributed by atoms with Gasteiger partial charge in [-0.15, -0.1) is 0 Å². The number of fused-ring (bicyclic) bond motifs is 1. The molecular formula is C25H27ClN8O4. The van der Waals surface area contributed by atoms with Crippen molar-refractivity contribution in [3.63, 3.8) is 0 Å². The molecule has 5 rings (SSSR count). The Labute approximate surface area is 223 Å². The molecule has 0 aromatic carbocycles. The first-order valence-corrected chi connectivity index (χ1v) is 12.4. The lowest BCUT2D eigenvalue weighted by Crippen LogP contribution is -2.45. The summed E-state index contributed by atoms with van der Waals surface area (Å²) in [6.07, 6.45) is 1.00. The fraction of sp³-hybridized carbons (Fsp3) is 0.360. The SMILES string of the molecule is Cc1ccnc(CNc2nc(-c3cncc(Cl)c3)nc3c2ncn3[C@@H]2O[C@H](C(=O)NC(C)C)[C@@H](O)[C@H]2O)c1. The number of pyridine rings is 2. The van der Waals surface area contributed by atoms with Crippen molar-refractivity contribution in [1.82, 2.24) is 34.8 Å². The van der Waals surface area contributed by atoms with Crippen molar-refractivity contribution in [3.8, 4) is 11.4 Å². The molecule has 38 heavy (non-hydrogen) atoms. The first kappa shape index (κ1) is 25.9. The first-order valence-electron chi connectivity index (χ1n) is 12.0. The van der Waals surface area contributed by atoms with Gasteiger partial charge in [-0.05, 0) is 44.5 Å². The lowest BCUT2D eigenvalue weighted by atomic mass is 10.1. The predicted octanol–water partition coefficient (Wildman–Crippen LogP) is 2.00. The van der Waals surface area contributed by atoms with E-state index in [1.165, 1.54) is 17.1 Å². The molecule has 4 aromatic rings. The summed E-state index contributed by atoms with van der Waals surface area (Å²) in [5.74, 6) is 0.192. The molecule has 5 heterocycles. The molecule has 198 valence electrons. The standard InChI is InChI=1S/C25H27ClN8O4/c1-12(2)31-24(37)20-18(35)19(36)25(38-20)34-11-30-17-22(29-10-16-6-13(3)4-5-28-16)32-21(33-23(17)34)14-7-15(26)9-27-8-14/h4-9,11-12,18-20,25,35-36H,10H2,1-3H3,(H,31,37)(H,29,32,33)/t18-,19+,20-,25+/m0/s1.